The van der Waals surface area contributed by atoms with Crippen molar-refractivity contribution < 1.29 is 0 Å². The standard InChI is InChI=1S/C6H4N3/c1-2-7-3-6-5(1)8-4-9-6/h1,4H,2H2. The molecular formula is C6H4N3. The Kier molecular flexibility index (Phi) is 0.828. The molecule has 1 radical (unpaired) electrons. The molecule has 0 aromatic carbocycles. The molecule has 0 saturated carbocycles. The molecule has 0 aromatic heterocycles. The molecule has 0 unspecified atom stereocenters. The molecule has 2 heterocycles. The van der Waals surface area contributed by atoms with Crippen LogP contribution in [0.5, 0.6) is 0 Å². The van der Waals surface area contributed by atoms with E-state index in [1.54, 1.807) is 0 Å². The largest absolute Gasteiger partial charge is 0.276 e. The first kappa shape index (κ1) is 4.61. The van der Waals surface area contributed by atoms with Crippen LogP contribution in [0.3, 0.4) is 0 Å². The van der Waals surface area contributed by atoms with Crippen LogP contribution in [0.1, 0.15) is 0 Å². The first-order chi connectivity index (χ1) is 4.47. The van der Waals surface area contributed by atoms with Crippen molar-refractivity contribution in [3.63, 3.8) is 0 Å². The molecule has 9 heavy (non-hydrogen) atoms. The van der Waals surface area contributed by atoms with Crippen LogP contribution >= 0.6 is 0 Å². The Hall–Kier alpha value is -1.25. The van der Waals surface area contributed by atoms with Crippen LogP contribution < -0.4 is 0 Å². The summed E-state index contributed by atoms with van der Waals surface area (Å²) in [5.41, 5.74) is 1.67. The summed E-state index contributed by atoms with van der Waals surface area (Å²) in [7, 11) is 0. The number of rotatable bonds is 0. The molecule has 0 fully saturated rings. The SMILES string of the molecule is [C]1=NCC=C2N=CN=C12. The fourth-order valence-corrected chi connectivity index (χ4v) is 0.764. The second kappa shape index (κ2) is 1.62. The zero-order chi connectivity index (χ0) is 6.10. The maximum atomic E-state index is 3.97. The van der Waals surface area contributed by atoms with E-state index in [0.717, 1.165) is 11.4 Å². The van der Waals surface area contributed by atoms with Gasteiger partial charge < -0.3 is 0 Å². The third-order valence-corrected chi connectivity index (χ3v) is 1.19. The average Bonchev–Trinajstić information content (AvgIpc) is 2.33. The number of dihydropyridines is 1. The lowest BCUT2D eigenvalue weighted by Crippen LogP contribution is -2.04. The Morgan fingerprint density at radius 1 is 1.56 bits per heavy atom. The van der Waals surface area contributed by atoms with E-state index in [-0.39, 0.29) is 0 Å². The van der Waals surface area contributed by atoms with Crippen LogP contribution in [-0.2, 0) is 0 Å². The highest BCUT2D eigenvalue weighted by Gasteiger charge is 2.09. The Morgan fingerprint density at radius 2 is 2.56 bits per heavy atom. The van der Waals surface area contributed by atoms with Crippen LogP contribution in [0.4, 0.5) is 0 Å². The minimum Gasteiger partial charge on any atom is -0.276 e. The fraction of sp³-hybridized carbons (Fsp3) is 0.167. The van der Waals surface area contributed by atoms with Crippen molar-refractivity contribution in [3.8, 4) is 0 Å². The summed E-state index contributed by atoms with van der Waals surface area (Å²) in [6.45, 7) is 0.686. The second-order valence-corrected chi connectivity index (χ2v) is 1.76. The quantitative estimate of drug-likeness (QED) is 0.439. The van der Waals surface area contributed by atoms with E-state index in [0.29, 0.717) is 6.54 Å². The molecule has 0 bridgehead atoms. The summed E-state index contributed by atoms with van der Waals surface area (Å²) in [5.74, 6) is 0. The van der Waals surface area contributed by atoms with E-state index >= 15 is 0 Å². The van der Waals surface area contributed by atoms with Gasteiger partial charge in [0.2, 0.25) is 0 Å². The zero-order valence-electron chi connectivity index (χ0n) is 4.70. The number of aliphatic imine (C=N–C) groups is 3. The molecule has 0 aliphatic carbocycles. The Balaban J connectivity index is 2.46. The molecule has 0 atom stereocenters. The summed E-state index contributed by atoms with van der Waals surface area (Å²) < 4.78 is 0. The van der Waals surface area contributed by atoms with E-state index < -0.39 is 0 Å². The Bertz CT molecular complexity index is 245. The number of hydrogen-bond acceptors (Lipinski definition) is 3. The van der Waals surface area contributed by atoms with Crippen molar-refractivity contribution >= 4 is 18.3 Å². The van der Waals surface area contributed by atoms with Gasteiger partial charge in [-0.05, 0) is 6.08 Å². The smallest absolute Gasteiger partial charge is 0.118 e. The maximum Gasteiger partial charge on any atom is 0.118 e. The van der Waals surface area contributed by atoms with Gasteiger partial charge in [0.1, 0.15) is 18.3 Å². The lowest BCUT2D eigenvalue weighted by Gasteiger charge is -1.96. The molecule has 0 spiro atoms. The van der Waals surface area contributed by atoms with Gasteiger partial charge in [-0.25, -0.2) is 9.98 Å². The molecule has 2 aliphatic rings. The van der Waals surface area contributed by atoms with Crippen molar-refractivity contribution in [2.24, 2.45) is 15.0 Å². The Morgan fingerprint density at radius 3 is 3.44 bits per heavy atom. The monoisotopic (exact) mass is 118 g/mol. The second-order valence-electron chi connectivity index (χ2n) is 1.76. The van der Waals surface area contributed by atoms with Gasteiger partial charge in [0.05, 0.1) is 12.2 Å². The van der Waals surface area contributed by atoms with Gasteiger partial charge >= 0.3 is 0 Å². The van der Waals surface area contributed by atoms with E-state index in [9.17, 15) is 0 Å². The summed E-state index contributed by atoms with van der Waals surface area (Å²) >= 11 is 0. The van der Waals surface area contributed by atoms with E-state index in [4.69, 9.17) is 0 Å². The number of nitrogens with zero attached hydrogens (tertiary/aromatic N) is 3. The van der Waals surface area contributed by atoms with Gasteiger partial charge in [-0.15, -0.1) is 0 Å². The molecule has 3 heteroatoms. The number of allylic oxidation sites excluding steroid dienone is 1. The van der Waals surface area contributed by atoms with Gasteiger partial charge in [0.25, 0.3) is 0 Å². The number of hydrogen-bond donors (Lipinski definition) is 0. The van der Waals surface area contributed by atoms with Crippen LogP contribution in [0, 0.1) is 0 Å². The molecule has 2 rings (SSSR count). The topological polar surface area (TPSA) is 37.1 Å². The third-order valence-electron chi connectivity index (χ3n) is 1.19. The maximum absolute atomic E-state index is 3.97. The van der Waals surface area contributed by atoms with Crippen LogP contribution in [0.25, 0.3) is 0 Å². The average molecular weight is 118 g/mol. The minimum atomic E-state index is 0.686. The van der Waals surface area contributed by atoms with Gasteiger partial charge in [-0.3, -0.25) is 4.99 Å². The highest BCUT2D eigenvalue weighted by atomic mass is 15.0. The summed E-state index contributed by atoms with van der Waals surface area (Å²) in [6.07, 6.45) is 6.21. The van der Waals surface area contributed by atoms with E-state index in [1.165, 1.54) is 6.34 Å². The highest BCUT2D eigenvalue weighted by Crippen LogP contribution is 2.07. The molecule has 0 amide bonds. The molecule has 0 aromatic rings. The fourth-order valence-electron chi connectivity index (χ4n) is 0.764. The van der Waals surface area contributed by atoms with Crippen LogP contribution in [-0.4, -0.2) is 24.8 Å². The molecular weight excluding hydrogens is 114 g/mol. The van der Waals surface area contributed by atoms with Crippen molar-refractivity contribution in [1.29, 1.82) is 0 Å². The summed E-state index contributed by atoms with van der Waals surface area (Å²) in [4.78, 5) is 11.8. The molecule has 0 N–H and O–H groups in total. The minimum absolute atomic E-state index is 0.686. The lowest BCUT2D eigenvalue weighted by atomic mass is 10.2. The molecule has 2 aliphatic heterocycles. The molecule has 43 valence electrons. The van der Waals surface area contributed by atoms with Crippen molar-refractivity contribution in [2.45, 2.75) is 0 Å². The van der Waals surface area contributed by atoms with E-state index in [1.807, 2.05) is 6.08 Å². The lowest BCUT2D eigenvalue weighted by molar-refractivity contribution is 1.22. The van der Waals surface area contributed by atoms with Crippen molar-refractivity contribution in [1.82, 2.24) is 0 Å². The van der Waals surface area contributed by atoms with Crippen molar-refractivity contribution in [3.05, 3.63) is 11.8 Å². The zero-order valence-corrected chi connectivity index (χ0v) is 4.70. The first-order valence-electron chi connectivity index (χ1n) is 2.70. The van der Waals surface area contributed by atoms with Gasteiger partial charge in [-0.2, -0.15) is 0 Å². The highest BCUT2D eigenvalue weighted by molar-refractivity contribution is 6.41. The molecule has 0 saturated heterocycles. The first-order valence-corrected chi connectivity index (χ1v) is 2.70. The summed E-state index contributed by atoms with van der Waals surface area (Å²) in [6, 6.07) is 0. The van der Waals surface area contributed by atoms with E-state index in [2.05, 4.69) is 21.2 Å². The normalized spacial score (nSPS) is 21.3. The van der Waals surface area contributed by atoms with Crippen LogP contribution in [0.15, 0.2) is 26.8 Å². The third kappa shape index (κ3) is 0.614. The van der Waals surface area contributed by atoms with Gasteiger partial charge in [0.15, 0.2) is 0 Å². The number of fused-ring (bicyclic) bond motifs is 1. The predicted molar refractivity (Wildman–Crippen MR) is 36.3 cm³/mol. The van der Waals surface area contributed by atoms with Gasteiger partial charge in [0, 0.05) is 0 Å². The summed E-state index contributed by atoms with van der Waals surface area (Å²) in [5, 5.41) is 0. The van der Waals surface area contributed by atoms with Crippen molar-refractivity contribution in [2.75, 3.05) is 6.54 Å². The Labute approximate surface area is 52.5 Å². The predicted octanol–water partition coefficient (Wildman–Crippen LogP) is 0.315. The van der Waals surface area contributed by atoms with Gasteiger partial charge in [-0.1, -0.05) is 0 Å². The van der Waals surface area contributed by atoms with Crippen LogP contribution in [0.2, 0.25) is 0 Å². The molecule has 3 nitrogen and oxygen atoms in total.